The largest absolute Gasteiger partial charge is 0.497 e. The molecular formula is C22H20N4O2S2. The van der Waals surface area contributed by atoms with E-state index in [9.17, 15) is 4.79 Å². The number of nitrogens with zero attached hydrogens (tertiary/aromatic N) is 2. The maximum atomic E-state index is 12.9. The van der Waals surface area contributed by atoms with Crippen LogP contribution in [-0.2, 0) is 12.8 Å². The van der Waals surface area contributed by atoms with Gasteiger partial charge in [-0.1, -0.05) is 12.1 Å². The van der Waals surface area contributed by atoms with E-state index in [2.05, 4.69) is 16.4 Å². The zero-order valence-electron chi connectivity index (χ0n) is 16.4. The van der Waals surface area contributed by atoms with Crippen LogP contribution in [0.3, 0.4) is 0 Å². The summed E-state index contributed by atoms with van der Waals surface area (Å²) >= 11 is 2.72. The molecular weight excluding hydrogens is 416 g/mol. The van der Waals surface area contributed by atoms with Gasteiger partial charge in [-0.2, -0.15) is 0 Å². The number of anilines is 2. The standard InChI is InChI=1S/C22H20N4O2S2/c1-28-14-7-4-6-12(9-14)17-11-29-22(25-17)26-20(27)19-18(23)15-10-13-5-2-3-8-16(13)24-21(15)30-19/h4,6-7,9-11H,2-3,5,8,23H2,1H3,(H,25,26,27). The van der Waals surface area contributed by atoms with Gasteiger partial charge in [0.2, 0.25) is 0 Å². The van der Waals surface area contributed by atoms with Gasteiger partial charge in [-0.3, -0.25) is 10.1 Å². The van der Waals surface area contributed by atoms with Crippen LogP contribution in [0.15, 0.2) is 35.7 Å². The first-order chi connectivity index (χ1) is 14.6. The van der Waals surface area contributed by atoms with Gasteiger partial charge in [-0.25, -0.2) is 9.97 Å². The maximum Gasteiger partial charge on any atom is 0.269 e. The fourth-order valence-electron chi connectivity index (χ4n) is 3.73. The number of fused-ring (bicyclic) bond motifs is 2. The molecule has 3 N–H and O–H groups in total. The Labute approximate surface area is 181 Å². The maximum absolute atomic E-state index is 12.9. The average molecular weight is 437 g/mol. The fraction of sp³-hybridized carbons (Fsp3) is 0.227. The molecule has 0 saturated heterocycles. The number of carbonyl (C=O) groups is 1. The van der Waals surface area contributed by atoms with Gasteiger partial charge in [0.15, 0.2) is 5.13 Å². The van der Waals surface area contributed by atoms with Crippen LogP contribution in [0.1, 0.15) is 33.8 Å². The van der Waals surface area contributed by atoms with Crippen LogP contribution in [0.5, 0.6) is 5.75 Å². The normalized spacial score (nSPS) is 13.2. The molecule has 0 aliphatic heterocycles. The smallest absolute Gasteiger partial charge is 0.269 e. The van der Waals surface area contributed by atoms with E-state index in [0.29, 0.717) is 15.7 Å². The summed E-state index contributed by atoms with van der Waals surface area (Å²) in [7, 11) is 1.63. The van der Waals surface area contributed by atoms with Crippen LogP contribution < -0.4 is 15.8 Å². The first-order valence-electron chi connectivity index (χ1n) is 9.74. The molecule has 5 rings (SSSR count). The number of carbonyl (C=O) groups excluding carboxylic acids is 1. The van der Waals surface area contributed by atoms with E-state index in [0.717, 1.165) is 45.8 Å². The second-order valence-corrected chi connectivity index (χ2v) is 9.08. The second-order valence-electron chi connectivity index (χ2n) is 7.22. The van der Waals surface area contributed by atoms with Crippen molar-refractivity contribution in [3.8, 4) is 17.0 Å². The summed E-state index contributed by atoms with van der Waals surface area (Å²) in [6, 6.07) is 9.79. The van der Waals surface area contributed by atoms with Crippen LogP contribution in [0.2, 0.25) is 0 Å². The number of rotatable bonds is 4. The number of nitrogens with one attached hydrogen (secondary N) is 1. The molecule has 3 heterocycles. The van der Waals surface area contributed by atoms with Crippen LogP contribution in [0.4, 0.5) is 10.8 Å². The van der Waals surface area contributed by atoms with Crippen molar-refractivity contribution in [1.82, 2.24) is 9.97 Å². The Balaban J connectivity index is 1.41. The number of methoxy groups -OCH3 is 1. The van der Waals surface area contributed by atoms with Crippen molar-refractivity contribution in [1.29, 1.82) is 0 Å². The van der Waals surface area contributed by atoms with Crippen molar-refractivity contribution in [3.05, 3.63) is 51.8 Å². The average Bonchev–Trinajstić information content (AvgIpc) is 3.37. The monoisotopic (exact) mass is 436 g/mol. The van der Waals surface area contributed by atoms with Gasteiger partial charge in [0, 0.05) is 22.0 Å². The van der Waals surface area contributed by atoms with E-state index >= 15 is 0 Å². The summed E-state index contributed by atoms with van der Waals surface area (Å²) in [5.74, 6) is 0.513. The number of ether oxygens (including phenoxy) is 1. The lowest BCUT2D eigenvalue weighted by Gasteiger charge is -2.14. The molecule has 3 aromatic heterocycles. The number of pyridine rings is 1. The Kier molecular flexibility index (Phi) is 4.88. The number of hydrogen-bond acceptors (Lipinski definition) is 7. The summed E-state index contributed by atoms with van der Waals surface area (Å²) in [4.78, 5) is 23.6. The molecule has 1 aliphatic rings. The number of thiazole rings is 1. The summed E-state index contributed by atoms with van der Waals surface area (Å²) in [6.45, 7) is 0. The minimum absolute atomic E-state index is 0.250. The molecule has 152 valence electrons. The molecule has 0 saturated carbocycles. The third-order valence-corrected chi connectivity index (χ3v) is 7.17. The Bertz CT molecular complexity index is 1260. The van der Waals surface area contributed by atoms with Gasteiger partial charge in [0.05, 0.1) is 18.5 Å². The highest BCUT2D eigenvalue weighted by Crippen LogP contribution is 2.36. The second kappa shape index (κ2) is 7.70. The fourth-order valence-corrected chi connectivity index (χ4v) is 5.43. The Morgan fingerprint density at radius 1 is 1.20 bits per heavy atom. The molecule has 30 heavy (non-hydrogen) atoms. The zero-order chi connectivity index (χ0) is 20.7. The number of thiophene rings is 1. The molecule has 0 spiro atoms. The molecule has 0 bridgehead atoms. The Hall–Kier alpha value is -2.97. The van der Waals surface area contributed by atoms with Gasteiger partial charge in [-0.05, 0) is 49.4 Å². The van der Waals surface area contributed by atoms with Crippen molar-refractivity contribution in [2.24, 2.45) is 0 Å². The van der Waals surface area contributed by atoms with Crippen molar-refractivity contribution >= 4 is 49.6 Å². The van der Waals surface area contributed by atoms with Gasteiger partial charge in [-0.15, -0.1) is 22.7 Å². The van der Waals surface area contributed by atoms with Crippen molar-refractivity contribution in [3.63, 3.8) is 0 Å². The van der Waals surface area contributed by atoms with Crippen LogP contribution in [0, 0.1) is 0 Å². The number of amides is 1. The lowest BCUT2D eigenvalue weighted by atomic mass is 9.95. The molecule has 4 aromatic rings. The van der Waals surface area contributed by atoms with Crippen LogP contribution in [0.25, 0.3) is 21.5 Å². The lowest BCUT2D eigenvalue weighted by Crippen LogP contribution is -2.11. The highest BCUT2D eigenvalue weighted by molar-refractivity contribution is 7.21. The van der Waals surface area contributed by atoms with Gasteiger partial charge in [0.1, 0.15) is 15.5 Å². The van der Waals surface area contributed by atoms with Crippen LogP contribution in [-0.4, -0.2) is 23.0 Å². The van der Waals surface area contributed by atoms with Gasteiger partial charge >= 0.3 is 0 Å². The molecule has 1 amide bonds. The third-order valence-electron chi connectivity index (χ3n) is 5.30. The predicted molar refractivity (Wildman–Crippen MR) is 123 cm³/mol. The molecule has 0 fully saturated rings. The summed E-state index contributed by atoms with van der Waals surface area (Å²) in [5, 5.41) is 6.21. The van der Waals surface area contributed by atoms with Crippen LogP contribution >= 0.6 is 22.7 Å². The quantitative estimate of drug-likeness (QED) is 0.462. The highest BCUT2D eigenvalue weighted by Gasteiger charge is 2.21. The minimum Gasteiger partial charge on any atom is -0.497 e. The number of nitrogen functional groups attached to an aromatic ring is 1. The van der Waals surface area contributed by atoms with E-state index in [1.807, 2.05) is 29.6 Å². The molecule has 6 nitrogen and oxygen atoms in total. The van der Waals surface area contributed by atoms with E-state index in [1.54, 1.807) is 7.11 Å². The first kappa shape index (κ1) is 19.0. The van der Waals surface area contributed by atoms with Crippen molar-refractivity contribution < 1.29 is 9.53 Å². The highest BCUT2D eigenvalue weighted by atomic mass is 32.1. The number of nitrogens with two attached hydrogens (primary N) is 1. The Morgan fingerprint density at radius 2 is 2.07 bits per heavy atom. The number of hydrogen-bond donors (Lipinski definition) is 2. The van der Waals surface area contributed by atoms with Gasteiger partial charge in [0.25, 0.3) is 5.91 Å². The third kappa shape index (κ3) is 3.42. The van der Waals surface area contributed by atoms with E-state index < -0.39 is 0 Å². The summed E-state index contributed by atoms with van der Waals surface area (Å²) in [5.41, 5.74) is 11.0. The lowest BCUT2D eigenvalue weighted by molar-refractivity contribution is 0.103. The Morgan fingerprint density at radius 3 is 2.93 bits per heavy atom. The molecule has 0 atom stereocenters. The zero-order valence-corrected chi connectivity index (χ0v) is 18.0. The predicted octanol–water partition coefficient (Wildman–Crippen LogP) is 5.14. The van der Waals surface area contributed by atoms with Crippen molar-refractivity contribution in [2.45, 2.75) is 25.7 Å². The number of aryl methyl sites for hydroxylation is 2. The molecule has 1 aliphatic carbocycles. The molecule has 1 aromatic carbocycles. The topological polar surface area (TPSA) is 90.1 Å². The minimum atomic E-state index is -0.250. The summed E-state index contributed by atoms with van der Waals surface area (Å²) in [6.07, 6.45) is 4.37. The SMILES string of the molecule is COc1cccc(-c2csc(NC(=O)c3sc4nc5c(cc4c3N)CCCC5)n2)c1. The van der Waals surface area contributed by atoms with Gasteiger partial charge < -0.3 is 10.5 Å². The van der Waals surface area contributed by atoms with E-state index in [1.165, 1.54) is 41.1 Å². The molecule has 8 heteroatoms. The molecule has 0 radical (unpaired) electrons. The van der Waals surface area contributed by atoms with Crippen molar-refractivity contribution in [2.75, 3.05) is 18.2 Å². The first-order valence-corrected chi connectivity index (χ1v) is 11.4. The van der Waals surface area contributed by atoms with E-state index in [-0.39, 0.29) is 5.91 Å². The van der Waals surface area contributed by atoms with E-state index in [4.69, 9.17) is 15.5 Å². The number of aromatic nitrogens is 2. The summed E-state index contributed by atoms with van der Waals surface area (Å²) < 4.78 is 5.27. The number of benzene rings is 1. The molecule has 0 unspecified atom stereocenters.